The van der Waals surface area contributed by atoms with Crippen molar-refractivity contribution in [1.29, 1.82) is 0 Å². The fraction of sp³-hybridized carbons (Fsp3) is 0.111. The lowest BCUT2D eigenvalue weighted by molar-refractivity contribution is -0.116. The lowest BCUT2D eigenvalue weighted by Crippen LogP contribution is -2.20. The number of thiocarbonyl (C=S) groups is 1. The molecule has 0 aliphatic rings. The summed E-state index contributed by atoms with van der Waals surface area (Å²) in [7, 11) is 0. The highest BCUT2D eigenvalue weighted by atomic mass is 32.1. The molecule has 5 heteroatoms. The number of carbonyl (C=O) groups is 1. The Labute approximate surface area is 86.1 Å². The summed E-state index contributed by atoms with van der Waals surface area (Å²) < 4.78 is 13.0. The minimum absolute atomic E-state index is 0.0797. The summed E-state index contributed by atoms with van der Waals surface area (Å²) >= 11 is 4.79. The van der Waals surface area contributed by atoms with Crippen molar-refractivity contribution < 1.29 is 9.18 Å². The van der Waals surface area contributed by atoms with E-state index in [1.165, 1.54) is 12.1 Å². The number of hydrogen-bond acceptors (Lipinski definition) is 2. The molecule has 3 N–H and O–H groups in total. The van der Waals surface area contributed by atoms with Crippen LogP contribution in [-0.2, 0) is 4.79 Å². The third-order valence-electron chi connectivity index (χ3n) is 1.48. The van der Waals surface area contributed by atoms with Crippen LogP contribution in [0.15, 0.2) is 24.3 Å². The molecule has 0 saturated carbocycles. The summed E-state index contributed by atoms with van der Waals surface area (Å²) in [5, 5.41) is 2.60. The van der Waals surface area contributed by atoms with Crippen LogP contribution < -0.4 is 11.1 Å². The van der Waals surface area contributed by atoms with Gasteiger partial charge in [-0.15, -0.1) is 0 Å². The van der Waals surface area contributed by atoms with Gasteiger partial charge >= 0.3 is 0 Å². The molecule has 3 nitrogen and oxygen atoms in total. The molecule has 0 unspecified atom stereocenters. The predicted molar refractivity (Wildman–Crippen MR) is 56.4 cm³/mol. The first-order valence-electron chi connectivity index (χ1n) is 3.92. The van der Waals surface area contributed by atoms with Gasteiger partial charge in [-0.1, -0.05) is 24.4 Å². The van der Waals surface area contributed by atoms with Gasteiger partial charge in [0.05, 0.1) is 17.1 Å². The molecule has 0 aliphatic carbocycles. The highest BCUT2D eigenvalue weighted by molar-refractivity contribution is 7.80. The smallest absolute Gasteiger partial charge is 0.224 e. The third kappa shape index (κ3) is 3.10. The normalized spacial score (nSPS) is 9.50. The number of nitrogens with two attached hydrogens (primary N) is 1. The van der Waals surface area contributed by atoms with Crippen molar-refractivity contribution in [1.82, 2.24) is 0 Å². The van der Waals surface area contributed by atoms with Gasteiger partial charge in [-0.2, -0.15) is 0 Å². The van der Waals surface area contributed by atoms with Crippen LogP contribution in [0, 0.1) is 5.82 Å². The van der Waals surface area contributed by atoms with E-state index in [-0.39, 0.29) is 17.1 Å². The number of carbonyl (C=O) groups excluding carboxylic acids is 1. The summed E-state index contributed by atoms with van der Waals surface area (Å²) in [5.74, 6) is -0.960. The minimum Gasteiger partial charge on any atom is -0.369 e. The fourth-order valence-corrected chi connectivity index (χ4v) is 1.17. The van der Waals surface area contributed by atoms with Gasteiger partial charge in [0.1, 0.15) is 5.82 Å². The highest BCUT2D eigenvalue weighted by Gasteiger charge is 2.04. The Hall–Kier alpha value is -1.49. The van der Waals surface area contributed by atoms with Crippen molar-refractivity contribution in [3.05, 3.63) is 30.1 Å². The lowest BCUT2D eigenvalue weighted by atomic mass is 10.3. The van der Waals surface area contributed by atoms with Crippen LogP contribution >= 0.6 is 12.2 Å². The molecule has 0 heterocycles. The third-order valence-corrected chi connectivity index (χ3v) is 1.73. The number of primary amides is 1. The van der Waals surface area contributed by atoms with Crippen LogP contribution in [-0.4, -0.2) is 10.9 Å². The molecule has 1 aromatic carbocycles. The van der Waals surface area contributed by atoms with Gasteiger partial charge in [0.2, 0.25) is 5.91 Å². The largest absolute Gasteiger partial charge is 0.369 e. The summed E-state index contributed by atoms with van der Waals surface area (Å²) in [6.45, 7) is 0. The van der Waals surface area contributed by atoms with Crippen molar-refractivity contribution in [3.63, 3.8) is 0 Å². The highest BCUT2D eigenvalue weighted by Crippen LogP contribution is 2.12. The van der Waals surface area contributed by atoms with E-state index < -0.39 is 11.7 Å². The van der Waals surface area contributed by atoms with E-state index in [0.29, 0.717) is 0 Å². The van der Waals surface area contributed by atoms with Crippen LogP contribution in [0.5, 0.6) is 0 Å². The van der Waals surface area contributed by atoms with Gasteiger partial charge in [-0.25, -0.2) is 4.39 Å². The maximum atomic E-state index is 13.0. The van der Waals surface area contributed by atoms with E-state index in [0.717, 1.165) is 0 Å². The van der Waals surface area contributed by atoms with Crippen molar-refractivity contribution in [3.8, 4) is 0 Å². The van der Waals surface area contributed by atoms with Crippen LogP contribution in [0.2, 0.25) is 0 Å². The van der Waals surface area contributed by atoms with Crippen molar-refractivity contribution in [2.24, 2.45) is 5.73 Å². The first-order chi connectivity index (χ1) is 6.59. The Kier molecular flexibility index (Phi) is 3.53. The van der Waals surface area contributed by atoms with Gasteiger partial charge in [0, 0.05) is 0 Å². The molecule has 0 fully saturated rings. The number of halogens is 1. The first-order valence-corrected chi connectivity index (χ1v) is 4.33. The molecule has 1 amide bonds. The van der Waals surface area contributed by atoms with Gasteiger partial charge in [0.15, 0.2) is 0 Å². The molecule has 1 aromatic rings. The van der Waals surface area contributed by atoms with E-state index >= 15 is 0 Å². The van der Waals surface area contributed by atoms with Gasteiger partial charge in [0.25, 0.3) is 0 Å². The zero-order valence-electron chi connectivity index (χ0n) is 7.29. The SMILES string of the molecule is NC(=O)CC(=S)Nc1ccccc1F. The van der Waals surface area contributed by atoms with E-state index in [9.17, 15) is 9.18 Å². The summed E-state index contributed by atoms with van der Waals surface area (Å²) in [5.41, 5.74) is 5.17. The van der Waals surface area contributed by atoms with E-state index in [4.69, 9.17) is 18.0 Å². The molecule has 0 radical (unpaired) electrons. The Morgan fingerprint density at radius 2 is 2.14 bits per heavy atom. The molecule has 0 spiro atoms. The Morgan fingerprint density at radius 1 is 1.50 bits per heavy atom. The summed E-state index contributed by atoms with van der Waals surface area (Å²) in [6, 6.07) is 6.06. The maximum absolute atomic E-state index is 13.0. The fourth-order valence-electron chi connectivity index (χ4n) is 0.915. The molecule has 0 saturated heterocycles. The van der Waals surface area contributed by atoms with Crippen molar-refractivity contribution in [2.75, 3.05) is 5.32 Å². The topological polar surface area (TPSA) is 55.1 Å². The Morgan fingerprint density at radius 3 is 2.71 bits per heavy atom. The molecular weight excluding hydrogens is 203 g/mol. The number of amides is 1. The van der Waals surface area contributed by atoms with E-state index in [2.05, 4.69) is 5.32 Å². The van der Waals surface area contributed by atoms with Gasteiger partial charge in [-0.3, -0.25) is 4.79 Å². The molecule has 0 aliphatic heterocycles. The second-order valence-electron chi connectivity index (χ2n) is 2.67. The number of hydrogen-bond donors (Lipinski definition) is 2. The molecular formula is C9H9FN2OS. The van der Waals surface area contributed by atoms with Crippen molar-refractivity contribution >= 4 is 28.8 Å². The maximum Gasteiger partial charge on any atom is 0.224 e. The predicted octanol–water partition coefficient (Wildman–Crippen LogP) is 1.44. The average molecular weight is 212 g/mol. The molecule has 74 valence electrons. The van der Waals surface area contributed by atoms with Gasteiger partial charge < -0.3 is 11.1 Å². The molecule has 0 atom stereocenters. The standard InChI is InChI=1S/C9H9FN2OS/c10-6-3-1-2-4-7(6)12-9(14)5-8(11)13/h1-4H,5H2,(H2,11,13)(H,12,14). The minimum atomic E-state index is -0.543. The van der Waals surface area contributed by atoms with Crippen LogP contribution in [0.3, 0.4) is 0 Å². The molecule has 1 rings (SSSR count). The quantitative estimate of drug-likeness (QED) is 0.745. The Balaban J connectivity index is 2.65. The average Bonchev–Trinajstić information content (AvgIpc) is 2.07. The number of rotatable bonds is 3. The Bertz CT molecular complexity index is 368. The summed E-state index contributed by atoms with van der Waals surface area (Å²) in [6.07, 6.45) is -0.0797. The number of para-hydroxylation sites is 1. The number of anilines is 1. The van der Waals surface area contributed by atoms with Crippen LogP contribution in [0.1, 0.15) is 6.42 Å². The van der Waals surface area contributed by atoms with Crippen LogP contribution in [0.4, 0.5) is 10.1 Å². The number of benzene rings is 1. The van der Waals surface area contributed by atoms with E-state index in [1.807, 2.05) is 0 Å². The molecule has 14 heavy (non-hydrogen) atoms. The van der Waals surface area contributed by atoms with Crippen molar-refractivity contribution in [2.45, 2.75) is 6.42 Å². The second kappa shape index (κ2) is 4.66. The molecule has 0 bridgehead atoms. The number of nitrogens with one attached hydrogen (secondary N) is 1. The molecule has 0 aromatic heterocycles. The lowest BCUT2D eigenvalue weighted by Gasteiger charge is -2.06. The van der Waals surface area contributed by atoms with E-state index in [1.54, 1.807) is 12.1 Å². The zero-order chi connectivity index (χ0) is 10.6. The monoisotopic (exact) mass is 212 g/mol. The second-order valence-corrected chi connectivity index (χ2v) is 3.16. The first kappa shape index (κ1) is 10.6. The zero-order valence-corrected chi connectivity index (χ0v) is 8.10. The summed E-state index contributed by atoms with van der Waals surface area (Å²) in [4.78, 5) is 10.7. The van der Waals surface area contributed by atoms with Gasteiger partial charge in [-0.05, 0) is 12.1 Å². The van der Waals surface area contributed by atoms with Crippen LogP contribution in [0.25, 0.3) is 0 Å².